The third-order valence-electron chi connectivity index (χ3n) is 3.38. The van der Waals surface area contributed by atoms with Crippen LogP contribution in [-0.2, 0) is 10.4 Å². The molecule has 112 valence electrons. The summed E-state index contributed by atoms with van der Waals surface area (Å²) in [6.07, 6.45) is 2.43. The summed E-state index contributed by atoms with van der Waals surface area (Å²) in [5, 5.41) is 0. The van der Waals surface area contributed by atoms with E-state index in [0.717, 1.165) is 4.31 Å². The van der Waals surface area contributed by atoms with Crippen LogP contribution < -0.4 is 0 Å². The number of carbonyl (C=O) groups excluding carboxylic acids is 1. The molecule has 1 aromatic heterocycles. The van der Waals surface area contributed by atoms with Gasteiger partial charge in [0.1, 0.15) is 11.5 Å². The Labute approximate surface area is 117 Å². The average Bonchev–Trinajstić information content (AvgIpc) is 2.86. The van der Waals surface area contributed by atoms with E-state index in [9.17, 15) is 17.1 Å². The number of hydrogen-bond donors (Lipinski definition) is 1. The lowest BCUT2D eigenvalue weighted by molar-refractivity contribution is 0.0822. The molecule has 1 amide bonds. The van der Waals surface area contributed by atoms with Gasteiger partial charge in [-0.3, -0.25) is 4.79 Å². The van der Waals surface area contributed by atoms with Crippen molar-refractivity contribution in [1.82, 2.24) is 19.2 Å². The molecule has 9 heteroatoms. The van der Waals surface area contributed by atoms with Crippen molar-refractivity contribution >= 4 is 16.3 Å². The maximum absolute atomic E-state index is 12.8. The summed E-state index contributed by atoms with van der Waals surface area (Å²) in [6.45, 7) is 0.252. The van der Waals surface area contributed by atoms with Crippen LogP contribution in [0, 0.1) is 0 Å². The second-order valence-electron chi connectivity index (χ2n) is 5.00. The van der Waals surface area contributed by atoms with Crippen LogP contribution >= 0.6 is 0 Å². The third kappa shape index (κ3) is 3.15. The molecular formula is C11H17FN4O3S. The number of nitrogens with zero attached hydrogens (tertiary/aromatic N) is 3. The van der Waals surface area contributed by atoms with Gasteiger partial charge in [-0.25, -0.2) is 4.98 Å². The highest BCUT2D eigenvalue weighted by Gasteiger charge is 2.29. The molecule has 1 aromatic rings. The van der Waals surface area contributed by atoms with Crippen LogP contribution in [0.5, 0.6) is 0 Å². The van der Waals surface area contributed by atoms with E-state index >= 15 is 0 Å². The quantitative estimate of drug-likeness (QED) is 0.824. The zero-order valence-corrected chi connectivity index (χ0v) is 12.2. The molecule has 0 aromatic carbocycles. The van der Waals surface area contributed by atoms with Crippen LogP contribution in [0.1, 0.15) is 35.1 Å². The number of aromatic nitrogens is 2. The van der Waals surface area contributed by atoms with E-state index in [1.807, 2.05) is 0 Å². The topological polar surface area (TPSA) is 86.4 Å². The zero-order valence-electron chi connectivity index (χ0n) is 11.3. The summed E-state index contributed by atoms with van der Waals surface area (Å²) in [7, 11) is -1.32. The summed E-state index contributed by atoms with van der Waals surface area (Å²) in [5.74, 6) is 0.482. The number of H-pyrrole nitrogens is 1. The lowest BCUT2D eigenvalue weighted by Crippen LogP contribution is -2.35. The first-order valence-corrected chi connectivity index (χ1v) is 7.59. The van der Waals surface area contributed by atoms with Gasteiger partial charge in [-0.05, 0) is 12.8 Å². The largest absolute Gasteiger partial charge is 0.374 e. The highest BCUT2D eigenvalue weighted by molar-refractivity contribution is 7.83. The van der Waals surface area contributed by atoms with Gasteiger partial charge in [-0.15, -0.1) is 0 Å². The average molecular weight is 304 g/mol. The normalized spacial score (nSPS) is 18.1. The van der Waals surface area contributed by atoms with Crippen LogP contribution in [-0.4, -0.2) is 60.7 Å². The minimum atomic E-state index is -4.61. The van der Waals surface area contributed by atoms with E-state index in [2.05, 4.69) is 9.97 Å². The first-order valence-electron chi connectivity index (χ1n) is 6.25. The summed E-state index contributed by atoms with van der Waals surface area (Å²) >= 11 is 0. The van der Waals surface area contributed by atoms with Gasteiger partial charge in [0.25, 0.3) is 5.91 Å². The number of aromatic amines is 1. The number of rotatable bonds is 3. The Morgan fingerprint density at radius 3 is 2.55 bits per heavy atom. The fourth-order valence-electron chi connectivity index (χ4n) is 2.24. The van der Waals surface area contributed by atoms with E-state index in [-0.39, 0.29) is 24.9 Å². The minimum absolute atomic E-state index is 0.0108. The van der Waals surface area contributed by atoms with Crippen LogP contribution in [0.3, 0.4) is 0 Å². The van der Waals surface area contributed by atoms with E-state index < -0.39 is 10.4 Å². The van der Waals surface area contributed by atoms with Gasteiger partial charge in [0, 0.05) is 33.1 Å². The molecule has 0 aliphatic carbocycles. The monoisotopic (exact) mass is 304 g/mol. The van der Waals surface area contributed by atoms with Gasteiger partial charge in [-0.2, -0.15) is 12.7 Å². The Morgan fingerprint density at radius 2 is 2.05 bits per heavy atom. The van der Waals surface area contributed by atoms with Crippen LogP contribution in [0.25, 0.3) is 0 Å². The van der Waals surface area contributed by atoms with Gasteiger partial charge in [-0.1, -0.05) is 3.89 Å². The van der Waals surface area contributed by atoms with Crippen molar-refractivity contribution in [3.05, 3.63) is 17.7 Å². The van der Waals surface area contributed by atoms with Gasteiger partial charge >= 0.3 is 10.4 Å². The van der Waals surface area contributed by atoms with Gasteiger partial charge in [0.05, 0.1) is 6.20 Å². The molecule has 1 aliphatic rings. The molecule has 1 N–H and O–H groups in total. The molecule has 0 unspecified atom stereocenters. The Morgan fingerprint density at radius 1 is 1.45 bits per heavy atom. The Kier molecular flexibility index (Phi) is 4.09. The number of imidazole rings is 1. The maximum atomic E-state index is 12.8. The van der Waals surface area contributed by atoms with Crippen molar-refractivity contribution in [2.45, 2.75) is 18.8 Å². The lowest BCUT2D eigenvalue weighted by Gasteiger charge is -2.27. The molecular weight excluding hydrogens is 287 g/mol. The number of nitrogens with one attached hydrogen (secondary N) is 1. The van der Waals surface area contributed by atoms with Crippen molar-refractivity contribution in [3.63, 3.8) is 0 Å². The molecule has 2 rings (SSSR count). The third-order valence-corrected chi connectivity index (χ3v) is 4.36. The molecule has 2 heterocycles. The summed E-state index contributed by atoms with van der Waals surface area (Å²) in [4.78, 5) is 20.3. The molecule has 1 fully saturated rings. The zero-order chi connectivity index (χ0) is 14.9. The Balaban J connectivity index is 2.03. The molecule has 0 bridgehead atoms. The Hall–Kier alpha value is -1.48. The van der Waals surface area contributed by atoms with Crippen LogP contribution in [0.4, 0.5) is 3.89 Å². The van der Waals surface area contributed by atoms with Crippen molar-refractivity contribution in [3.8, 4) is 0 Å². The summed E-state index contributed by atoms with van der Waals surface area (Å²) < 4.78 is 35.2. The van der Waals surface area contributed by atoms with Crippen LogP contribution in [0.2, 0.25) is 0 Å². The summed E-state index contributed by atoms with van der Waals surface area (Å²) in [6, 6.07) is 0. The summed E-state index contributed by atoms with van der Waals surface area (Å²) in [5.41, 5.74) is 0.394. The van der Waals surface area contributed by atoms with Crippen molar-refractivity contribution in [2.24, 2.45) is 0 Å². The van der Waals surface area contributed by atoms with Crippen LogP contribution in [0.15, 0.2) is 6.20 Å². The van der Waals surface area contributed by atoms with Gasteiger partial charge in [0.15, 0.2) is 0 Å². The van der Waals surface area contributed by atoms with E-state index in [0.29, 0.717) is 24.4 Å². The molecule has 0 saturated carbocycles. The number of carbonyl (C=O) groups is 1. The second-order valence-corrected chi connectivity index (χ2v) is 6.34. The first-order chi connectivity index (χ1) is 9.29. The fraction of sp³-hybridized carbons (Fsp3) is 0.636. The van der Waals surface area contributed by atoms with Gasteiger partial charge in [0.2, 0.25) is 0 Å². The van der Waals surface area contributed by atoms with E-state index in [1.54, 1.807) is 14.1 Å². The molecule has 1 saturated heterocycles. The number of piperidine rings is 1. The molecule has 0 radical (unpaired) electrons. The standard InChI is InChI=1S/C11H17FN4O3S/c1-15(2)11(17)9-7-13-10(14-9)8-3-5-16(6-4-8)20(12,18)19/h7-8H,3-6H2,1-2H3,(H,13,14). The van der Waals surface area contributed by atoms with Crippen molar-refractivity contribution < 1.29 is 17.1 Å². The molecule has 1 aliphatic heterocycles. The number of amides is 1. The fourth-order valence-corrected chi connectivity index (χ4v) is 2.89. The molecule has 0 atom stereocenters. The predicted molar refractivity (Wildman–Crippen MR) is 70.2 cm³/mol. The molecule has 0 spiro atoms. The SMILES string of the molecule is CN(C)C(=O)c1cnc(C2CCN(S(=O)(=O)F)CC2)[nH]1. The molecule has 20 heavy (non-hydrogen) atoms. The lowest BCUT2D eigenvalue weighted by atomic mass is 9.97. The second kappa shape index (κ2) is 5.49. The van der Waals surface area contributed by atoms with Crippen molar-refractivity contribution in [1.29, 1.82) is 0 Å². The first kappa shape index (κ1) is 14.9. The van der Waals surface area contributed by atoms with Crippen molar-refractivity contribution in [2.75, 3.05) is 27.2 Å². The Bertz CT molecular complexity index is 591. The smallest absolute Gasteiger partial charge is 0.343 e. The highest BCUT2D eigenvalue weighted by atomic mass is 32.3. The predicted octanol–water partition coefficient (Wildman–Crippen LogP) is 0.505. The van der Waals surface area contributed by atoms with Gasteiger partial charge < -0.3 is 9.88 Å². The maximum Gasteiger partial charge on any atom is 0.374 e. The molecule has 7 nitrogen and oxygen atoms in total. The number of halogens is 1. The number of hydrogen-bond acceptors (Lipinski definition) is 4. The highest BCUT2D eigenvalue weighted by Crippen LogP contribution is 2.27. The van der Waals surface area contributed by atoms with E-state index in [4.69, 9.17) is 0 Å². The van der Waals surface area contributed by atoms with E-state index in [1.165, 1.54) is 11.1 Å². The minimum Gasteiger partial charge on any atom is -0.343 e.